The van der Waals surface area contributed by atoms with Crippen molar-refractivity contribution in [3.8, 4) is 0 Å². The van der Waals surface area contributed by atoms with Gasteiger partial charge in [0.2, 0.25) is 6.10 Å². The number of esters is 1. The number of carbonyl (C=O) groups is 2. The van der Waals surface area contributed by atoms with Gasteiger partial charge in [-0.1, -0.05) is 41.9 Å². The van der Waals surface area contributed by atoms with E-state index < -0.39 is 28.6 Å². The number of nitrogens with one attached hydrogen (secondary N) is 1. The molecule has 26 heavy (non-hydrogen) atoms. The Morgan fingerprint density at radius 2 is 1.88 bits per heavy atom. The normalized spacial score (nSPS) is 14.3. The maximum Gasteiger partial charge on any atom is 0.339 e. The van der Waals surface area contributed by atoms with Crippen molar-refractivity contribution in [2.24, 2.45) is 0 Å². The van der Waals surface area contributed by atoms with Crippen LogP contribution in [0.25, 0.3) is 0 Å². The molecule has 1 N–H and O–H groups in total. The van der Waals surface area contributed by atoms with Gasteiger partial charge >= 0.3 is 5.97 Å². The van der Waals surface area contributed by atoms with Crippen LogP contribution in [0.4, 0.5) is 5.69 Å². The van der Waals surface area contributed by atoms with Gasteiger partial charge in [0.15, 0.2) is 0 Å². The first kappa shape index (κ1) is 17.9. The molecule has 1 saturated carbocycles. The molecule has 1 unspecified atom stereocenters. The molecule has 0 aliphatic heterocycles. The summed E-state index contributed by atoms with van der Waals surface area (Å²) in [5.41, 5.74) is 0.0588. The zero-order valence-electron chi connectivity index (χ0n) is 13.6. The molecular formula is C18H15ClN2O5. The van der Waals surface area contributed by atoms with Gasteiger partial charge in [-0.3, -0.25) is 14.9 Å². The molecule has 1 aliphatic carbocycles. The highest BCUT2D eigenvalue weighted by molar-refractivity contribution is 6.32. The van der Waals surface area contributed by atoms with Gasteiger partial charge in [-0.2, -0.15) is 0 Å². The van der Waals surface area contributed by atoms with E-state index in [-0.39, 0.29) is 16.6 Å². The number of rotatable bonds is 6. The fourth-order valence-electron chi connectivity index (χ4n) is 2.36. The molecule has 2 aromatic carbocycles. The third-order valence-electron chi connectivity index (χ3n) is 3.87. The molecule has 134 valence electrons. The third kappa shape index (κ3) is 4.18. The zero-order chi connectivity index (χ0) is 18.7. The van der Waals surface area contributed by atoms with Crippen molar-refractivity contribution in [2.45, 2.75) is 25.0 Å². The van der Waals surface area contributed by atoms with Crippen LogP contribution < -0.4 is 5.32 Å². The second-order valence-corrected chi connectivity index (χ2v) is 6.31. The highest BCUT2D eigenvalue weighted by atomic mass is 35.5. The van der Waals surface area contributed by atoms with Crippen molar-refractivity contribution in [1.29, 1.82) is 0 Å². The lowest BCUT2D eigenvalue weighted by Crippen LogP contribution is -2.33. The minimum Gasteiger partial charge on any atom is -0.444 e. The number of hydrogen-bond acceptors (Lipinski definition) is 5. The average Bonchev–Trinajstić information content (AvgIpc) is 3.44. The number of ether oxygens (including phenoxy) is 1. The number of benzene rings is 2. The second kappa shape index (κ2) is 7.53. The van der Waals surface area contributed by atoms with Gasteiger partial charge in [0.25, 0.3) is 11.6 Å². The Morgan fingerprint density at radius 1 is 1.19 bits per heavy atom. The van der Waals surface area contributed by atoms with Crippen LogP contribution >= 0.6 is 11.6 Å². The van der Waals surface area contributed by atoms with E-state index >= 15 is 0 Å². The summed E-state index contributed by atoms with van der Waals surface area (Å²) in [7, 11) is 0. The van der Waals surface area contributed by atoms with Crippen molar-refractivity contribution >= 4 is 29.2 Å². The molecule has 7 nitrogen and oxygen atoms in total. The Hall–Kier alpha value is -2.93. The maximum absolute atomic E-state index is 12.5. The SMILES string of the molecule is O=C(OC(C(=O)NC1CC1)c1ccccc1)c1ccc(Cl)c([N+](=O)[O-])c1. The van der Waals surface area contributed by atoms with Crippen molar-refractivity contribution in [1.82, 2.24) is 5.32 Å². The van der Waals surface area contributed by atoms with Crippen LogP contribution in [0.3, 0.4) is 0 Å². The van der Waals surface area contributed by atoms with E-state index in [9.17, 15) is 19.7 Å². The summed E-state index contributed by atoms with van der Waals surface area (Å²) in [5.74, 6) is -1.26. The average molecular weight is 375 g/mol. The van der Waals surface area contributed by atoms with E-state index in [1.54, 1.807) is 30.3 Å². The minimum atomic E-state index is -1.14. The van der Waals surface area contributed by atoms with E-state index in [0.29, 0.717) is 5.56 Å². The number of nitro benzene ring substituents is 1. The molecule has 1 atom stereocenters. The number of halogens is 1. The zero-order valence-corrected chi connectivity index (χ0v) is 14.3. The molecule has 8 heteroatoms. The van der Waals surface area contributed by atoms with Gasteiger partial charge < -0.3 is 10.1 Å². The molecule has 2 aromatic rings. The highest BCUT2D eigenvalue weighted by Gasteiger charge is 2.31. The lowest BCUT2D eigenvalue weighted by atomic mass is 10.1. The smallest absolute Gasteiger partial charge is 0.339 e. The Bertz CT molecular complexity index is 852. The Morgan fingerprint density at radius 3 is 2.50 bits per heavy atom. The van der Waals surface area contributed by atoms with E-state index in [0.717, 1.165) is 18.9 Å². The van der Waals surface area contributed by atoms with Gasteiger partial charge in [0, 0.05) is 17.7 Å². The topological polar surface area (TPSA) is 98.5 Å². The molecule has 0 heterocycles. The number of amides is 1. The Balaban J connectivity index is 1.84. The van der Waals surface area contributed by atoms with Crippen LogP contribution in [0, 0.1) is 10.1 Å². The summed E-state index contributed by atoms with van der Waals surface area (Å²) in [6, 6.07) is 12.3. The molecule has 0 bridgehead atoms. The van der Waals surface area contributed by atoms with Crippen molar-refractivity contribution < 1.29 is 19.2 Å². The highest BCUT2D eigenvalue weighted by Crippen LogP contribution is 2.27. The number of nitrogens with zero attached hydrogens (tertiary/aromatic N) is 1. The predicted molar refractivity (Wildman–Crippen MR) is 93.9 cm³/mol. The summed E-state index contributed by atoms with van der Waals surface area (Å²) in [6.45, 7) is 0. The van der Waals surface area contributed by atoms with Gasteiger partial charge in [0.1, 0.15) is 5.02 Å². The molecule has 0 spiro atoms. The minimum absolute atomic E-state index is 0.0544. The first-order chi connectivity index (χ1) is 12.5. The maximum atomic E-state index is 12.5. The largest absolute Gasteiger partial charge is 0.444 e. The van der Waals surface area contributed by atoms with Crippen LogP contribution in [0.1, 0.15) is 34.9 Å². The third-order valence-corrected chi connectivity index (χ3v) is 4.19. The van der Waals surface area contributed by atoms with Crippen LogP contribution in [-0.2, 0) is 9.53 Å². The second-order valence-electron chi connectivity index (χ2n) is 5.90. The number of hydrogen-bond donors (Lipinski definition) is 1. The van der Waals surface area contributed by atoms with Crippen molar-refractivity contribution in [3.05, 3.63) is 74.8 Å². The summed E-state index contributed by atoms with van der Waals surface area (Å²) in [4.78, 5) is 35.2. The van der Waals surface area contributed by atoms with Crippen LogP contribution in [0.2, 0.25) is 5.02 Å². The van der Waals surface area contributed by atoms with E-state index in [1.807, 2.05) is 0 Å². The fourth-order valence-corrected chi connectivity index (χ4v) is 2.55. The summed E-state index contributed by atoms with van der Waals surface area (Å²) < 4.78 is 5.37. The van der Waals surface area contributed by atoms with Gasteiger partial charge in [0.05, 0.1) is 10.5 Å². The van der Waals surface area contributed by atoms with E-state index in [1.165, 1.54) is 12.1 Å². The number of carbonyl (C=O) groups excluding carboxylic acids is 2. The molecule has 1 amide bonds. The van der Waals surface area contributed by atoms with Crippen LogP contribution in [0.15, 0.2) is 48.5 Å². The lowest BCUT2D eigenvalue weighted by Gasteiger charge is -2.18. The van der Waals surface area contributed by atoms with Gasteiger partial charge in [-0.15, -0.1) is 0 Å². The van der Waals surface area contributed by atoms with Crippen molar-refractivity contribution in [2.75, 3.05) is 0 Å². The molecular weight excluding hydrogens is 360 g/mol. The standard InChI is InChI=1S/C18H15ClN2O5/c19-14-9-6-12(10-15(14)21(24)25)18(23)26-16(11-4-2-1-3-5-11)17(22)20-13-7-8-13/h1-6,9-10,13,16H,7-8H2,(H,20,22). The van der Waals surface area contributed by atoms with Crippen molar-refractivity contribution in [3.63, 3.8) is 0 Å². The molecule has 1 aliphatic rings. The Labute approximate surface area is 154 Å². The van der Waals surface area contributed by atoms with Gasteiger partial charge in [-0.25, -0.2) is 4.79 Å². The van der Waals surface area contributed by atoms with E-state index in [4.69, 9.17) is 16.3 Å². The fraction of sp³-hybridized carbons (Fsp3) is 0.222. The first-order valence-electron chi connectivity index (χ1n) is 7.96. The van der Waals surface area contributed by atoms with E-state index in [2.05, 4.69) is 5.32 Å². The van der Waals surface area contributed by atoms with Crippen LogP contribution in [-0.4, -0.2) is 22.8 Å². The molecule has 1 fully saturated rings. The number of nitro groups is 1. The molecule has 0 saturated heterocycles. The molecule has 0 aromatic heterocycles. The summed E-state index contributed by atoms with van der Waals surface area (Å²) >= 11 is 5.75. The van der Waals surface area contributed by atoms with Gasteiger partial charge in [-0.05, 0) is 25.0 Å². The quantitative estimate of drug-likeness (QED) is 0.474. The summed E-state index contributed by atoms with van der Waals surface area (Å²) in [5, 5.41) is 13.7. The summed E-state index contributed by atoms with van der Waals surface area (Å²) in [6.07, 6.45) is 0.647. The molecule has 3 rings (SSSR count). The monoisotopic (exact) mass is 374 g/mol. The Kier molecular flexibility index (Phi) is 5.18. The lowest BCUT2D eigenvalue weighted by molar-refractivity contribution is -0.384. The predicted octanol–water partition coefficient (Wildman–Crippen LogP) is 3.42. The molecule has 0 radical (unpaired) electrons. The van der Waals surface area contributed by atoms with Crippen LogP contribution in [0.5, 0.6) is 0 Å². The first-order valence-corrected chi connectivity index (χ1v) is 8.34.